The van der Waals surface area contributed by atoms with E-state index >= 15 is 0 Å². The van der Waals surface area contributed by atoms with Gasteiger partial charge in [0.1, 0.15) is 5.82 Å². The van der Waals surface area contributed by atoms with E-state index in [0.29, 0.717) is 0 Å². The van der Waals surface area contributed by atoms with Crippen LogP contribution in [0.5, 0.6) is 0 Å². The van der Waals surface area contributed by atoms with Crippen molar-refractivity contribution in [1.82, 2.24) is 14.9 Å². The van der Waals surface area contributed by atoms with Crippen LogP contribution in [0.25, 0.3) is 0 Å². The van der Waals surface area contributed by atoms with Crippen molar-refractivity contribution in [2.45, 2.75) is 32.7 Å². The van der Waals surface area contributed by atoms with Crippen molar-refractivity contribution in [1.29, 1.82) is 0 Å². The maximum atomic E-state index is 11.6. The van der Waals surface area contributed by atoms with Crippen LogP contribution in [0, 0.1) is 6.92 Å². The Kier molecular flexibility index (Phi) is 3.50. The van der Waals surface area contributed by atoms with E-state index in [9.17, 15) is 4.79 Å². The first-order chi connectivity index (χ1) is 8.49. The van der Waals surface area contributed by atoms with Crippen LogP contribution >= 0.6 is 0 Å². The van der Waals surface area contributed by atoms with Gasteiger partial charge in [0.05, 0.1) is 6.04 Å². The molecule has 0 aromatic carbocycles. The molecular formula is C13H20N4O. The minimum atomic E-state index is 0.0427. The van der Waals surface area contributed by atoms with E-state index in [1.807, 2.05) is 36.9 Å². The van der Waals surface area contributed by atoms with Crippen LogP contribution < -0.4 is 4.90 Å². The Balaban J connectivity index is 2.35. The second kappa shape index (κ2) is 4.92. The van der Waals surface area contributed by atoms with Crippen molar-refractivity contribution in [3.63, 3.8) is 0 Å². The third-order valence-electron chi connectivity index (χ3n) is 3.27. The molecule has 1 aliphatic rings. The van der Waals surface area contributed by atoms with Crippen LogP contribution in [0.1, 0.15) is 37.3 Å². The lowest BCUT2D eigenvalue weighted by atomic mass is 10.2. The number of likely N-dealkylation sites (tertiary alicyclic amines) is 1. The van der Waals surface area contributed by atoms with Crippen LogP contribution in [-0.4, -0.2) is 41.4 Å². The van der Waals surface area contributed by atoms with E-state index in [1.165, 1.54) is 0 Å². The van der Waals surface area contributed by atoms with E-state index < -0.39 is 0 Å². The van der Waals surface area contributed by atoms with Gasteiger partial charge in [-0.15, -0.1) is 0 Å². The van der Waals surface area contributed by atoms with Gasteiger partial charge in [-0.2, -0.15) is 0 Å². The molecule has 0 N–H and O–H groups in total. The molecule has 1 aromatic heterocycles. The molecule has 5 heteroatoms. The number of aryl methyl sites for hydroxylation is 1. The minimum absolute atomic E-state index is 0.0427. The fourth-order valence-electron chi connectivity index (χ4n) is 2.36. The average molecular weight is 248 g/mol. The summed E-state index contributed by atoms with van der Waals surface area (Å²) in [5, 5.41) is 0. The Morgan fingerprint density at radius 3 is 2.78 bits per heavy atom. The Morgan fingerprint density at radius 1 is 1.44 bits per heavy atom. The third kappa shape index (κ3) is 2.44. The molecule has 98 valence electrons. The van der Waals surface area contributed by atoms with Gasteiger partial charge in [0.25, 0.3) is 0 Å². The summed E-state index contributed by atoms with van der Waals surface area (Å²) in [5.74, 6) is 1.77. The van der Waals surface area contributed by atoms with Gasteiger partial charge in [-0.05, 0) is 19.8 Å². The quantitative estimate of drug-likeness (QED) is 0.796. The molecule has 2 heterocycles. The first-order valence-electron chi connectivity index (χ1n) is 6.29. The molecule has 1 aromatic rings. The topological polar surface area (TPSA) is 49.3 Å². The predicted molar refractivity (Wildman–Crippen MR) is 70.5 cm³/mol. The van der Waals surface area contributed by atoms with Gasteiger partial charge in [0, 0.05) is 39.3 Å². The van der Waals surface area contributed by atoms with E-state index in [-0.39, 0.29) is 11.9 Å². The fourth-order valence-corrected chi connectivity index (χ4v) is 2.36. The molecule has 2 rings (SSSR count). The molecule has 0 radical (unpaired) electrons. The molecule has 1 amide bonds. The van der Waals surface area contributed by atoms with Crippen molar-refractivity contribution in [3.8, 4) is 0 Å². The second-order valence-corrected chi connectivity index (χ2v) is 4.99. The average Bonchev–Trinajstić information content (AvgIpc) is 2.76. The summed E-state index contributed by atoms with van der Waals surface area (Å²) in [6.45, 7) is 4.39. The van der Waals surface area contributed by atoms with Gasteiger partial charge in [0.2, 0.25) is 5.91 Å². The van der Waals surface area contributed by atoms with Gasteiger partial charge in [-0.25, -0.2) is 9.97 Å². The number of hydrogen-bond acceptors (Lipinski definition) is 4. The maximum absolute atomic E-state index is 11.6. The third-order valence-corrected chi connectivity index (χ3v) is 3.27. The number of hydrogen-bond donors (Lipinski definition) is 0. The Bertz CT molecular complexity index is 458. The molecule has 1 atom stereocenters. The van der Waals surface area contributed by atoms with Crippen molar-refractivity contribution in [2.24, 2.45) is 0 Å². The lowest BCUT2D eigenvalue weighted by Gasteiger charge is -2.23. The lowest BCUT2D eigenvalue weighted by molar-refractivity contribution is -0.129. The van der Waals surface area contributed by atoms with Crippen molar-refractivity contribution < 1.29 is 4.79 Å². The number of carbonyl (C=O) groups is 1. The molecule has 0 bridgehead atoms. The van der Waals surface area contributed by atoms with Crippen LogP contribution in [0.4, 0.5) is 5.82 Å². The van der Waals surface area contributed by atoms with Crippen molar-refractivity contribution in [2.75, 3.05) is 25.5 Å². The minimum Gasteiger partial charge on any atom is -0.363 e. The second-order valence-electron chi connectivity index (χ2n) is 4.99. The monoisotopic (exact) mass is 248 g/mol. The molecule has 5 nitrogen and oxygen atoms in total. The standard InChI is InChI=1S/C13H20N4O/c1-9-8-12(16(3)4)15-13(14-9)11-6-5-7-17(11)10(2)18/h8,11H,5-7H2,1-4H3. The number of carbonyl (C=O) groups excluding carboxylic acids is 1. The Morgan fingerprint density at radius 2 is 2.17 bits per heavy atom. The lowest BCUT2D eigenvalue weighted by Crippen LogP contribution is -2.29. The summed E-state index contributed by atoms with van der Waals surface area (Å²) in [5.41, 5.74) is 0.944. The summed E-state index contributed by atoms with van der Waals surface area (Å²) >= 11 is 0. The smallest absolute Gasteiger partial charge is 0.220 e. The normalized spacial score (nSPS) is 19.1. The zero-order valence-electron chi connectivity index (χ0n) is 11.5. The molecule has 1 unspecified atom stereocenters. The molecule has 1 fully saturated rings. The molecule has 1 aliphatic heterocycles. The number of amides is 1. The summed E-state index contributed by atoms with van der Waals surface area (Å²) in [6.07, 6.45) is 1.98. The molecule has 0 aliphatic carbocycles. The summed E-state index contributed by atoms with van der Waals surface area (Å²) in [7, 11) is 3.92. The largest absolute Gasteiger partial charge is 0.363 e. The van der Waals surface area contributed by atoms with Crippen LogP contribution in [0.2, 0.25) is 0 Å². The summed E-state index contributed by atoms with van der Waals surface area (Å²) in [4.78, 5) is 24.5. The van der Waals surface area contributed by atoms with Gasteiger partial charge in [0.15, 0.2) is 5.82 Å². The van der Waals surface area contributed by atoms with Crippen LogP contribution in [0.3, 0.4) is 0 Å². The molecule has 1 saturated heterocycles. The maximum Gasteiger partial charge on any atom is 0.220 e. The molecule has 0 spiro atoms. The number of aromatic nitrogens is 2. The van der Waals surface area contributed by atoms with Crippen LogP contribution in [-0.2, 0) is 4.79 Å². The zero-order valence-corrected chi connectivity index (χ0v) is 11.5. The number of nitrogens with zero attached hydrogens (tertiary/aromatic N) is 4. The highest BCUT2D eigenvalue weighted by Crippen LogP contribution is 2.30. The first-order valence-corrected chi connectivity index (χ1v) is 6.29. The number of rotatable bonds is 2. The van der Waals surface area contributed by atoms with Crippen molar-refractivity contribution in [3.05, 3.63) is 17.6 Å². The highest BCUT2D eigenvalue weighted by molar-refractivity contribution is 5.74. The summed E-state index contributed by atoms with van der Waals surface area (Å²) in [6, 6.07) is 2.00. The summed E-state index contributed by atoms with van der Waals surface area (Å²) < 4.78 is 0. The SMILES string of the molecule is CC(=O)N1CCCC1c1nc(C)cc(N(C)C)n1. The molecular weight excluding hydrogens is 228 g/mol. The Labute approximate surface area is 108 Å². The van der Waals surface area contributed by atoms with Gasteiger partial charge in [-0.3, -0.25) is 4.79 Å². The predicted octanol–water partition coefficient (Wildman–Crippen LogP) is 1.53. The van der Waals surface area contributed by atoms with Crippen LogP contribution in [0.15, 0.2) is 6.07 Å². The van der Waals surface area contributed by atoms with E-state index in [0.717, 1.165) is 36.7 Å². The van der Waals surface area contributed by atoms with Gasteiger partial charge < -0.3 is 9.80 Å². The molecule has 18 heavy (non-hydrogen) atoms. The van der Waals surface area contributed by atoms with E-state index in [4.69, 9.17) is 0 Å². The fraction of sp³-hybridized carbons (Fsp3) is 0.615. The van der Waals surface area contributed by atoms with E-state index in [2.05, 4.69) is 9.97 Å². The highest BCUT2D eigenvalue weighted by atomic mass is 16.2. The zero-order chi connectivity index (χ0) is 13.3. The Hall–Kier alpha value is -1.65. The first kappa shape index (κ1) is 12.8. The van der Waals surface area contributed by atoms with E-state index in [1.54, 1.807) is 6.92 Å². The number of anilines is 1. The van der Waals surface area contributed by atoms with Crippen molar-refractivity contribution >= 4 is 11.7 Å². The van der Waals surface area contributed by atoms with Gasteiger partial charge in [-0.1, -0.05) is 0 Å². The van der Waals surface area contributed by atoms with Gasteiger partial charge >= 0.3 is 0 Å². The highest BCUT2D eigenvalue weighted by Gasteiger charge is 2.30. The molecule has 0 saturated carbocycles.